The van der Waals surface area contributed by atoms with Crippen molar-refractivity contribution < 1.29 is 19.4 Å². The Kier molecular flexibility index (Phi) is 4.87. The zero-order chi connectivity index (χ0) is 18.1. The maximum atomic E-state index is 13.3. The van der Waals surface area contributed by atoms with Crippen LogP contribution in [0.4, 0.5) is 0 Å². The fourth-order valence-electron chi connectivity index (χ4n) is 5.72. The highest BCUT2D eigenvalue weighted by Gasteiger charge is 2.56. The van der Waals surface area contributed by atoms with Crippen molar-refractivity contribution in [2.75, 3.05) is 6.61 Å². The molecule has 1 spiro atoms. The van der Waals surface area contributed by atoms with Crippen LogP contribution in [0.1, 0.15) is 61.7 Å². The molecular formula is C22H28O4. The topological polar surface area (TPSA) is 63.6 Å². The van der Waals surface area contributed by atoms with Crippen LogP contribution in [0.2, 0.25) is 0 Å². The van der Waals surface area contributed by atoms with Gasteiger partial charge in [0.1, 0.15) is 5.78 Å². The summed E-state index contributed by atoms with van der Waals surface area (Å²) in [4.78, 5) is 25.6. The molecule has 0 unspecified atom stereocenters. The van der Waals surface area contributed by atoms with Crippen LogP contribution in [-0.4, -0.2) is 29.6 Å². The Balaban J connectivity index is 1.50. The van der Waals surface area contributed by atoms with Crippen molar-refractivity contribution in [3.63, 3.8) is 0 Å². The fourth-order valence-corrected chi connectivity index (χ4v) is 5.72. The van der Waals surface area contributed by atoms with E-state index in [-0.39, 0.29) is 35.2 Å². The molecule has 0 amide bonds. The third kappa shape index (κ3) is 3.09. The quantitative estimate of drug-likeness (QED) is 0.838. The Bertz CT molecular complexity index is 670. The first kappa shape index (κ1) is 17.7. The van der Waals surface area contributed by atoms with Crippen LogP contribution >= 0.6 is 0 Å². The summed E-state index contributed by atoms with van der Waals surface area (Å²) in [5.41, 5.74) is 0.254. The van der Waals surface area contributed by atoms with Crippen molar-refractivity contribution in [1.29, 1.82) is 0 Å². The van der Waals surface area contributed by atoms with Crippen LogP contribution in [0.5, 0.6) is 0 Å². The molecule has 2 bridgehead atoms. The lowest BCUT2D eigenvalue weighted by molar-refractivity contribution is -0.135. The van der Waals surface area contributed by atoms with E-state index in [0.717, 1.165) is 51.4 Å². The second-order valence-corrected chi connectivity index (χ2v) is 8.48. The molecule has 4 rings (SSSR count). The molecule has 1 aromatic carbocycles. The number of aliphatic hydroxyl groups is 1. The number of ketones is 1. The third-order valence-electron chi connectivity index (χ3n) is 7.01. The fraction of sp³-hybridized carbons (Fsp3) is 0.636. The molecule has 0 aromatic heterocycles. The molecule has 3 fully saturated rings. The first-order chi connectivity index (χ1) is 12.6. The zero-order valence-electron chi connectivity index (χ0n) is 15.2. The normalized spacial score (nSPS) is 36.7. The molecule has 0 radical (unpaired) electrons. The predicted octanol–water partition coefficient (Wildman–Crippen LogP) is 3.77. The number of fused-ring (bicyclic) bond motifs is 1. The molecule has 26 heavy (non-hydrogen) atoms. The van der Waals surface area contributed by atoms with Crippen LogP contribution in [0.3, 0.4) is 0 Å². The molecule has 3 aliphatic carbocycles. The van der Waals surface area contributed by atoms with Crippen LogP contribution < -0.4 is 0 Å². The Morgan fingerprint density at radius 3 is 2.73 bits per heavy atom. The van der Waals surface area contributed by atoms with Gasteiger partial charge in [-0.1, -0.05) is 31.0 Å². The van der Waals surface area contributed by atoms with E-state index < -0.39 is 0 Å². The van der Waals surface area contributed by atoms with E-state index >= 15 is 0 Å². The highest BCUT2D eigenvalue weighted by molar-refractivity contribution is 5.89. The number of rotatable bonds is 3. The molecule has 3 aliphatic rings. The molecule has 4 nitrogen and oxygen atoms in total. The first-order valence-corrected chi connectivity index (χ1v) is 10.0. The van der Waals surface area contributed by atoms with Crippen molar-refractivity contribution in [3.8, 4) is 0 Å². The van der Waals surface area contributed by atoms with Gasteiger partial charge < -0.3 is 9.84 Å². The van der Waals surface area contributed by atoms with E-state index in [9.17, 15) is 14.7 Å². The molecule has 1 N–H and O–H groups in total. The Labute approximate surface area is 154 Å². The number of hydrogen-bond acceptors (Lipinski definition) is 4. The minimum atomic E-state index is -0.386. The average Bonchev–Trinajstić information content (AvgIpc) is 2.82. The van der Waals surface area contributed by atoms with Gasteiger partial charge in [-0.05, 0) is 62.5 Å². The summed E-state index contributed by atoms with van der Waals surface area (Å²) in [7, 11) is 0. The Morgan fingerprint density at radius 1 is 1.12 bits per heavy atom. The smallest absolute Gasteiger partial charge is 0.338 e. The van der Waals surface area contributed by atoms with Gasteiger partial charge in [0, 0.05) is 11.3 Å². The summed E-state index contributed by atoms with van der Waals surface area (Å²) < 4.78 is 5.59. The van der Waals surface area contributed by atoms with Gasteiger partial charge in [-0.25, -0.2) is 4.79 Å². The molecule has 140 valence electrons. The van der Waals surface area contributed by atoms with Gasteiger partial charge in [-0.2, -0.15) is 0 Å². The van der Waals surface area contributed by atoms with Crippen LogP contribution in [0, 0.1) is 23.2 Å². The zero-order valence-corrected chi connectivity index (χ0v) is 15.2. The summed E-state index contributed by atoms with van der Waals surface area (Å²) in [6.07, 6.45) is 6.86. The first-order valence-electron chi connectivity index (χ1n) is 10.0. The number of benzene rings is 1. The molecule has 0 aliphatic heterocycles. The lowest BCUT2D eigenvalue weighted by atomic mass is 9.69. The van der Waals surface area contributed by atoms with Crippen molar-refractivity contribution >= 4 is 11.8 Å². The number of ether oxygens (including phenoxy) is 1. The molecule has 5 atom stereocenters. The van der Waals surface area contributed by atoms with Crippen LogP contribution in [-0.2, 0) is 9.53 Å². The number of carbonyl (C=O) groups excluding carboxylic acids is 2. The van der Waals surface area contributed by atoms with Crippen molar-refractivity contribution in [2.24, 2.45) is 23.2 Å². The van der Waals surface area contributed by atoms with Gasteiger partial charge in [-0.15, -0.1) is 0 Å². The van der Waals surface area contributed by atoms with Gasteiger partial charge in [0.25, 0.3) is 0 Å². The van der Waals surface area contributed by atoms with Gasteiger partial charge in [0.05, 0.1) is 18.3 Å². The van der Waals surface area contributed by atoms with E-state index in [0.29, 0.717) is 18.0 Å². The summed E-state index contributed by atoms with van der Waals surface area (Å²) in [5, 5.41) is 10.6. The predicted molar refractivity (Wildman–Crippen MR) is 97.6 cm³/mol. The molecule has 0 heterocycles. The maximum absolute atomic E-state index is 13.3. The molecule has 4 heteroatoms. The van der Waals surface area contributed by atoms with Crippen LogP contribution in [0.25, 0.3) is 0 Å². The molecule has 3 saturated carbocycles. The van der Waals surface area contributed by atoms with Crippen molar-refractivity contribution in [3.05, 3.63) is 35.9 Å². The number of hydrogen-bond donors (Lipinski definition) is 1. The van der Waals surface area contributed by atoms with E-state index in [4.69, 9.17) is 4.74 Å². The molecule has 1 aromatic rings. The van der Waals surface area contributed by atoms with Gasteiger partial charge in [0.15, 0.2) is 0 Å². The minimum absolute atomic E-state index is 0.0403. The molecule has 0 saturated heterocycles. The SMILES string of the molecule is O=C(OC[C@H]1C[C@H]2CCCC[C@@]3(CC[C@H](O)[C@H]3C1)C2=O)c1ccccc1. The van der Waals surface area contributed by atoms with Crippen molar-refractivity contribution in [2.45, 2.75) is 57.5 Å². The highest BCUT2D eigenvalue weighted by Crippen LogP contribution is 2.56. The summed E-state index contributed by atoms with van der Waals surface area (Å²) in [6, 6.07) is 9.04. The largest absolute Gasteiger partial charge is 0.462 e. The summed E-state index contributed by atoms with van der Waals surface area (Å²) >= 11 is 0. The third-order valence-corrected chi connectivity index (χ3v) is 7.01. The van der Waals surface area contributed by atoms with Crippen molar-refractivity contribution in [1.82, 2.24) is 0 Å². The number of carbonyl (C=O) groups is 2. The highest BCUT2D eigenvalue weighted by atomic mass is 16.5. The average molecular weight is 356 g/mol. The van der Waals surface area contributed by atoms with Crippen LogP contribution in [0.15, 0.2) is 30.3 Å². The van der Waals surface area contributed by atoms with E-state index in [1.165, 1.54) is 0 Å². The standard InChI is InChI=1S/C22H28O4/c23-19-9-11-22-10-5-4-8-17(20(22)24)12-15(13-18(19)22)14-26-21(25)16-6-2-1-3-7-16/h1-3,6-7,15,17-19,23H,4-5,8-14H2/t15-,17+,18+,19-,22-/m0/s1. The van der Waals surface area contributed by atoms with E-state index in [1.54, 1.807) is 12.1 Å². The summed E-state index contributed by atoms with van der Waals surface area (Å²) in [6.45, 7) is 0.344. The molecular weight excluding hydrogens is 328 g/mol. The van der Waals surface area contributed by atoms with E-state index in [2.05, 4.69) is 0 Å². The Morgan fingerprint density at radius 2 is 1.92 bits per heavy atom. The van der Waals surface area contributed by atoms with Gasteiger partial charge >= 0.3 is 5.97 Å². The maximum Gasteiger partial charge on any atom is 0.338 e. The second-order valence-electron chi connectivity index (χ2n) is 8.48. The Hall–Kier alpha value is -1.68. The number of aliphatic hydroxyl groups excluding tert-OH is 1. The lowest BCUT2D eigenvalue weighted by Crippen LogP contribution is -2.38. The van der Waals surface area contributed by atoms with Gasteiger partial charge in [0.2, 0.25) is 0 Å². The van der Waals surface area contributed by atoms with Gasteiger partial charge in [-0.3, -0.25) is 4.79 Å². The lowest BCUT2D eigenvalue weighted by Gasteiger charge is -2.34. The summed E-state index contributed by atoms with van der Waals surface area (Å²) in [5.74, 6) is 0.373. The number of esters is 1. The van der Waals surface area contributed by atoms with E-state index in [1.807, 2.05) is 18.2 Å². The second kappa shape index (κ2) is 7.15. The minimum Gasteiger partial charge on any atom is -0.462 e. The monoisotopic (exact) mass is 356 g/mol. The number of Topliss-reactive ketones (excluding diaryl/α,β-unsaturated/α-hetero) is 1.